The average molecular weight is 289 g/mol. The Morgan fingerprint density at radius 3 is 2.57 bits per heavy atom. The van der Waals surface area contributed by atoms with Crippen LogP contribution in [-0.2, 0) is 0 Å². The summed E-state index contributed by atoms with van der Waals surface area (Å²) in [6.07, 6.45) is 12.4. The predicted molar refractivity (Wildman–Crippen MR) is 89.5 cm³/mol. The zero-order valence-electron chi connectivity index (χ0n) is 13.0. The number of nitrogen functional groups attached to an aromatic ring is 1. The monoisotopic (exact) mass is 289 g/mol. The van der Waals surface area contributed by atoms with E-state index in [0.717, 1.165) is 44.0 Å². The van der Waals surface area contributed by atoms with Crippen LogP contribution in [0, 0.1) is 0 Å². The molecule has 0 atom stereocenters. The van der Waals surface area contributed by atoms with Crippen molar-refractivity contribution in [1.29, 1.82) is 0 Å². The minimum atomic E-state index is 0.617. The second-order valence-corrected chi connectivity index (χ2v) is 5.55. The summed E-state index contributed by atoms with van der Waals surface area (Å²) in [5.74, 6) is 1.47. The first kappa shape index (κ1) is 15.6. The van der Waals surface area contributed by atoms with E-state index in [0.29, 0.717) is 5.69 Å². The van der Waals surface area contributed by atoms with Crippen LogP contribution < -0.4 is 16.4 Å². The molecule has 0 amide bonds. The lowest BCUT2D eigenvalue weighted by molar-refractivity contribution is 0.679. The van der Waals surface area contributed by atoms with Crippen molar-refractivity contribution in [2.75, 3.05) is 29.5 Å². The maximum Gasteiger partial charge on any atom is 0.154 e. The van der Waals surface area contributed by atoms with E-state index in [4.69, 9.17) is 5.73 Å². The molecule has 1 heterocycles. The van der Waals surface area contributed by atoms with Gasteiger partial charge in [-0.15, -0.1) is 0 Å². The number of hydrogen-bond acceptors (Lipinski definition) is 5. The molecule has 116 valence electrons. The van der Waals surface area contributed by atoms with Gasteiger partial charge in [0.05, 0.1) is 0 Å². The molecule has 5 nitrogen and oxygen atoms in total. The Bertz CT molecular complexity index is 470. The van der Waals surface area contributed by atoms with Crippen LogP contribution in [0.2, 0.25) is 0 Å². The van der Waals surface area contributed by atoms with Crippen molar-refractivity contribution in [3.8, 4) is 0 Å². The van der Waals surface area contributed by atoms with Gasteiger partial charge in [-0.05, 0) is 38.5 Å². The highest BCUT2D eigenvalue weighted by Crippen LogP contribution is 2.24. The van der Waals surface area contributed by atoms with Crippen LogP contribution >= 0.6 is 0 Å². The third kappa shape index (κ3) is 4.92. The van der Waals surface area contributed by atoms with Gasteiger partial charge in [-0.2, -0.15) is 0 Å². The van der Waals surface area contributed by atoms with Crippen molar-refractivity contribution < 1.29 is 0 Å². The highest BCUT2D eigenvalue weighted by molar-refractivity contribution is 5.73. The fourth-order valence-electron chi connectivity index (χ4n) is 2.53. The molecule has 4 N–H and O–H groups in total. The van der Waals surface area contributed by atoms with Crippen molar-refractivity contribution in [1.82, 2.24) is 9.97 Å². The maximum atomic E-state index is 6.12. The summed E-state index contributed by atoms with van der Waals surface area (Å²) in [6.45, 7) is 3.93. The molecule has 0 fully saturated rings. The van der Waals surface area contributed by atoms with Gasteiger partial charge in [-0.1, -0.05) is 25.0 Å². The number of rotatable bonds is 8. The van der Waals surface area contributed by atoms with Crippen LogP contribution in [0.15, 0.2) is 18.0 Å². The standard InChI is InChI=1S/C16H27N5/c1-2-3-10-18-15-14(17)16(21-12-20-15)19-11-9-13-7-5-4-6-8-13/h7,12H,2-6,8-11,17H2,1H3,(H2,18,19,20,21). The molecule has 0 saturated heterocycles. The van der Waals surface area contributed by atoms with E-state index >= 15 is 0 Å². The molecular formula is C16H27N5. The third-order valence-corrected chi connectivity index (χ3v) is 3.83. The number of allylic oxidation sites excluding steroid dienone is 1. The Kier molecular flexibility index (Phi) is 6.31. The maximum absolute atomic E-state index is 6.12. The highest BCUT2D eigenvalue weighted by atomic mass is 15.1. The Labute approximate surface area is 127 Å². The summed E-state index contributed by atoms with van der Waals surface area (Å²) in [5, 5.41) is 6.60. The second kappa shape index (κ2) is 8.49. The molecule has 0 bridgehead atoms. The van der Waals surface area contributed by atoms with Gasteiger partial charge in [0.25, 0.3) is 0 Å². The van der Waals surface area contributed by atoms with Gasteiger partial charge in [0.2, 0.25) is 0 Å². The van der Waals surface area contributed by atoms with Crippen molar-refractivity contribution in [3.63, 3.8) is 0 Å². The van der Waals surface area contributed by atoms with Gasteiger partial charge in [0.15, 0.2) is 11.6 Å². The molecule has 0 saturated carbocycles. The molecule has 1 aromatic rings. The minimum absolute atomic E-state index is 0.617. The smallest absolute Gasteiger partial charge is 0.154 e. The van der Waals surface area contributed by atoms with Crippen LogP contribution in [0.3, 0.4) is 0 Å². The quantitative estimate of drug-likeness (QED) is 0.504. The van der Waals surface area contributed by atoms with Crippen LogP contribution in [0.25, 0.3) is 0 Å². The number of aromatic nitrogens is 2. The van der Waals surface area contributed by atoms with Crippen molar-refractivity contribution >= 4 is 17.3 Å². The van der Waals surface area contributed by atoms with E-state index in [9.17, 15) is 0 Å². The average Bonchev–Trinajstić information content (AvgIpc) is 2.52. The van der Waals surface area contributed by atoms with Crippen molar-refractivity contribution in [3.05, 3.63) is 18.0 Å². The fraction of sp³-hybridized carbons (Fsp3) is 0.625. The van der Waals surface area contributed by atoms with Gasteiger partial charge in [-0.3, -0.25) is 0 Å². The summed E-state index contributed by atoms with van der Waals surface area (Å²) in [7, 11) is 0. The Balaban J connectivity index is 1.84. The Hall–Kier alpha value is -1.78. The lowest BCUT2D eigenvalue weighted by atomic mass is 9.97. The highest BCUT2D eigenvalue weighted by Gasteiger charge is 2.08. The van der Waals surface area contributed by atoms with E-state index < -0.39 is 0 Å². The molecule has 0 aromatic carbocycles. The summed E-state index contributed by atoms with van der Waals surface area (Å²) < 4.78 is 0. The zero-order chi connectivity index (χ0) is 14.9. The molecule has 0 radical (unpaired) electrons. The Morgan fingerprint density at radius 2 is 1.90 bits per heavy atom. The Morgan fingerprint density at radius 1 is 1.14 bits per heavy atom. The number of anilines is 3. The van der Waals surface area contributed by atoms with Gasteiger partial charge in [0.1, 0.15) is 12.0 Å². The van der Waals surface area contributed by atoms with Gasteiger partial charge in [0, 0.05) is 13.1 Å². The third-order valence-electron chi connectivity index (χ3n) is 3.83. The van der Waals surface area contributed by atoms with E-state index in [1.165, 1.54) is 25.7 Å². The summed E-state index contributed by atoms with van der Waals surface area (Å²) in [4.78, 5) is 8.45. The molecule has 0 spiro atoms. The first-order valence-electron chi connectivity index (χ1n) is 8.07. The van der Waals surface area contributed by atoms with Crippen molar-refractivity contribution in [2.24, 2.45) is 0 Å². The molecule has 1 aliphatic rings. The SMILES string of the molecule is CCCCNc1ncnc(NCCC2=CCCCC2)c1N. The van der Waals surface area contributed by atoms with Crippen LogP contribution in [-0.4, -0.2) is 23.1 Å². The summed E-state index contributed by atoms with van der Waals surface area (Å²) in [6, 6.07) is 0. The summed E-state index contributed by atoms with van der Waals surface area (Å²) in [5.41, 5.74) is 8.30. The van der Waals surface area contributed by atoms with Gasteiger partial charge < -0.3 is 16.4 Å². The number of nitrogens with one attached hydrogen (secondary N) is 2. The van der Waals surface area contributed by atoms with Crippen molar-refractivity contribution in [2.45, 2.75) is 51.9 Å². The molecule has 2 rings (SSSR count). The molecule has 5 heteroatoms. The number of unbranched alkanes of at least 4 members (excludes halogenated alkanes) is 1. The molecule has 1 aliphatic carbocycles. The zero-order valence-corrected chi connectivity index (χ0v) is 13.0. The van der Waals surface area contributed by atoms with Crippen LogP contribution in [0.5, 0.6) is 0 Å². The van der Waals surface area contributed by atoms with Gasteiger partial charge >= 0.3 is 0 Å². The lowest BCUT2D eigenvalue weighted by Gasteiger charge is -2.15. The molecule has 0 aliphatic heterocycles. The van der Waals surface area contributed by atoms with E-state index in [-0.39, 0.29) is 0 Å². The number of hydrogen-bond donors (Lipinski definition) is 3. The topological polar surface area (TPSA) is 75.9 Å². The lowest BCUT2D eigenvalue weighted by Crippen LogP contribution is -2.12. The fourth-order valence-corrected chi connectivity index (χ4v) is 2.53. The van der Waals surface area contributed by atoms with Gasteiger partial charge in [-0.25, -0.2) is 9.97 Å². The number of nitrogens with zero attached hydrogens (tertiary/aromatic N) is 2. The molecule has 21 heavy (non-hydrogen) atoms. The molecule has 1 aromatic heterocycles. The van der Waals surface area contributed by atoms with E-state index in [1.54, 1.807) is 11.9 Å². The molecular weight excluding hydrogens is 262 g/mol. The first-order valence-corrected chi connectivity index (χ1v) is 8.07. The largest absolute Gasteiger partial charge is 0.393 e. The van der Waals surface area contributed by atoms with Crippen LogP contribution in [0.4, 0.5) is 17.3 Å². The van der Waals surface area contributed by atoms with E-state index in [2.05, 4.69) is 33.6 Å². The summed E-state index contributed by atoms with van der Waals surface area (Å²) >= 11 is 0. The first-order chi connectivity index (χ1) is 10.3. The van der Waals surface area contributed by atoms with Crippen LogP contribution in [0.1, 0.15) is 51.9 Å². The van der Waals surface area contributed by atoms with E-state index in [1.807, 2.05) is 0 Å². The normalized spacial score (nSPS) is 14.6. The number of nitrogens with two attached hydrogens (primary N) is 1. The minimum Gasteiger partial charge on any atom is -0.393 e. The predicted octanol–water partition coefficient (Wildman–Crippen LogP) is 3.57. The molecule has 0 unspecified atom stereocenters. The second-order valence-electron chi connectivity index (χ2n) is 5.55.